The average Bonchev–Trinajstić information content (AvgIpc) is 2.48. The van der Waals surface area contributed by atoms with Gasteiger partial charge in [0, 0.05) is 17.8 Å². The Balaban J connectivity index is 2.09. The van der Waals surface area contributed by atoms with Crippen LogP contribution >= 0.6 is 0 Å². The van der Waals surface area contributed by atoms with Crippen LogP contribution in [0, 0.1) is 17.2 Å². The molecule has 2 N–H and O–H groups in total. The second kappa shape index (κ2) is 5.91. The molecule has 1 heterocycles. The molecule has 1 amide bonds. The third-order valence-electron chi connectivity index (χ3n) is 4.14. The predicted octanol–water partition coefficient (Wildman–Crippen LogP) is 1.97. The molecular weight excluding hydrogens is 254 g/mol. The quantitative estimate of drug-likeness (QED) is 0.882. The summed E-state index contributed by atoms with van der Waals surface area (Å²) in [6, 6.07) is 5.05. The van der Waals surface area contributed by atoms with Crippen LogP contribution in [0.2, 0.25) is 0 Å². The first-order valence-corrected chi connectivity index (χ1v) is 7.01. The van der Waals surface area contributed by atoms with Crippen LogP contribution in [-0.2, 0) is 0 Å². The summed E-state index contributed by atoms with van der Waals surface area (Å²) in [4.78, 5) is 25.8. The van der Waals surface area contributed by atoms with Gasteiger partial charge in [0.05, 0.1) is 6.07 Å². The van der Waals surface area contributed by atoms with E-state index in [2.05, 4.69) is 23.3 Å². The number of H-pyrrole nitrogens is 1. The molecule has 0 spiro atoms. The van der Waals surface area contributed by atoms with E-state index in [0.29, 0.717) is 24.3 Å². The fourth-order valence-corrected chi connectivity index (χ4v) is 2.72. The second-order valence-electron chi connectivity index (χ2n) is 5.44. The van der Waals surface area contributed by atoms with Gasteiger partial charge in [-0.3, -0.25) is 9.59 Å². The van der Waals surface area contributed by atoms with Crippen LogP contribution < -0.4 is 10.9 Å². The van der Waals surface area contributed by atoms with E-state index in [1.54, 1.807) is 6.07 Å². The minimum atomic E-state index is -0.786. The molecule has 106 valence electrons. The molecular formula is C15H19N3O2. The van der Waals surface area contributed by atoms with E-state index in [-0.39, 0.29) is 11.5 Å². The first-order chi connectivity index (χ1) is 9.58. The molecule has 2 rings (SSSR count). The first-order valence-electron chi connectivity index (χ1n) is 7.01. The summed E-state index contributed by atoms with van der Waals surface area (Å²) in [5, 5.41) is 12.2. The highest BCUT2D eigenvalue weighted by molar-refractivity contribution is 5.94. The van der Waals surface area contributed by atoms with Crippen LogP contribution in [-0.4, -0.2) is 16.4 Å². The van der Waals surface area contributed by atoms with Gasteiger partial charge in [0.15, 0.2) is 0 Å². The summed E-state index contributed by atoms with van der Waals surface area (Å²) in [5.74, 6) is 0.292. The Morgan fingerprint density at radius 1 is 1.55 bits per heavy atom. The maximum absolute atomic E-state index is 12.2. The number of amides is 1. The van der Waals surface area contributed by atoms with Gasteiger partial charge in [-0.15, -0.1) is 0 Å². The van der Waals surface area contributed by atoms with E-state index >= 15 is 0 Å². The number of hydrogen-bond donors (Lipinski definition) is 2. The van der Waals surface area contributed by atoms with Gasteiger partial charge in [-0.1, -0.05) is 13.3 Å². The van der Waals surface area contributed by atoms with Crippen molar-refractivity contribution in [3.8, 4) is 6.07 Å². The maximum atomic E-state index is 12.2. The largest absolute Gasteiger partial charge is 0.334 e. The topological polar surface area (TPSA) is 85.8 Å². The van der Waals surface area contributed by atoms with Crippen molar-refractivity contribution in [3.05, 3.63) is 34.2 Å². The van der Waals surface area contributed by atoms with Crippen molar-refractivity contribution < 1.29 is 4.79 Å². The summed E-state index contributed by atoms with van der Waals surface area (Å²) in [7, 11) is 0. The Hall–Kier alpha value is -2.09. The summed E-state index contributed by atoms with van der Waals surface area (Å²) < 4.78 is 0. The molecule has 1 saturated carbocycles. The van der Waals surface area contributed by atoms with E-state index in [1.807, 2.05) is 0 Å². The molecule has 20 heavy (non-hydrogen) atoms. The lowest BCUT2D eigenvalue weighted by Gasteiger charge is -2.35. The molecule has 0 aliphatic heterocycles. The van der Waals surface area contributed by atoms with E-state index in [4.69, 9.17) is 0 Å². The zero-order valence-electron chi connectivity index (χ0n) is 11.6. The Kier molecular flexibility index (Phi) is 4.23. The minimum absolute atomic E-state index is 0.293. The summed E-state index contributed by atoms with van der Waals surface area (Å²) in [6.45, 7) is 2.15. The molecule has 5 nitrogen and oxygen atoms in total. The molecule has 0 bridgehead atoms. The van der Waals surface area contributed by atoms with Gasteiger partial charge in [0.1, 0.15) is 5.54 Å². The number of hydrogen-bond acceptors (Lipinski definition) is 3. The van der Waals surface area contributed by atoms with E-state index in [1.165, 1.54) is 12.3 Å². The van der Waals surface area contributed by atoms with Crippen molar-refractivity contribution >= 4 is 5.91 Å². The van der Waals surface area contributed by atoms with Crippen LogP contribution in [0.4, 0.5) is 0 Å². The molecule has 5 heteroatoms. The fraction of sp³-hybridized carbons (Fsp3) is 0.533. The first kappa shape index (κ1) is 14.3. The molecule has 1 fully saturated rings. The number of carbonyl (C=O) groups is 1. The number of nitrogens with zero attached hydrogens (tertiary/aromatic N) is 1. The highest BCUT2D eigenvalue weighted by Crippen LogP contribution is 2.33. The fourth-order valence-electron chi connectivity index (χ4n) is 2.72. The minimum Gasteiger partial charge on any atom is -0.334 e. The van der Waals surface area contributed by atoms with Gasteiger partial charge >= 0.3 is 0 Å². The van der Waals surface area contributed by atoms with Gasteiger partial charge in [-0.2, -0.15) is 5.26 Å². The summed E-state index contributed by atoms with van der Waals surface area (Å²) in [6.07, 6.45) is 5.82. The molecule has 0 atom stereocenters. The lowest BCUT2D eigenvalue weighted by molar-refractivity contribution is 0.0891. The van der Waals surface area contributed by atoms with Gasteiger partial charge in [-0.25, -0.2) is 0 Å². The molecule has 0 aromatic carbocycles. The Bertz CT molecular complexity index is 577. The van der Waals surface area contributed by atoms with Gasteiger partial charge < -0.3 is 10.3 Å². The summed E-state index contributed by atoms with van der Waals surface area (Å²) >= 11 is 0. The number of aromatic nitrogens is 1. The van der Waals surface area contributed by atoms with E-state index in [0.717, 1.165) is 19.3 Å². The third kappa shape index (κ3) is 3.08. The maximum Gasteiger partial charge on any atom is 0.252 e. The molecule has 1 aliphatic carbocycles. The van der Waals surface area contributed by atoms with Crippen molar-refractivity contribution in [2.24, 2.45) is 5.92 Å². The van der Waals surface area contributed by atoms with E-state index < -0.39 is 5.54 Å². The molecule has 1 aromatic heterocycles. The van der Waals surface area contributed by atoms with Crippen LogP contribution in [0.5, 0.6) is 0 Å². The number of pyridine rings is 1. The highest BCUT2D eigenvalue weighted by atomic mass is 16.2. The zero-order chi connectivity index (χ0) is 14.6. The van der Waals surface area contributed by atoms with Crippen molar-refractivity contribution in [1.82, 2.24) is 10.3 Å². The number of nitrogens with one attached hydrogen (secondary N) is 2. The lowest BCUT2D eigenvalue weighted by Crippen LogP contribution is -2.49. The van der Waals surface area contributed by atoms with Crippen LogP contribution in [0.15, 0.2) is 23.1 Å². The number of carbonyl (C=O) groups excluding carboxylic acids is 1. The molecule has 0 saturated heterocycles. The Morgan fingerprint density at radius 2 is 2.25 bits per heavy atom. The average molecular weight is 273 g/mol. The predicted molar refractivity (Wildman–Crippen MR) is 75.1 cm³/mol. The standard InChI is InChI=1S/C15H19N3O2/c1-2-11-3-6-15(10-16,7-4-11)18-14(20)12-5-8-17-13(19)9-12/h5,8-9,11H,2-4,6-7H2,1H3,(H,17,19)(H,18,20). The van der Waals surface area contributed by atoms with Crippen LogP contribution in [0.25, 0.3) is 0 Å². The van der Waals surface area contributed by atoms with Gasteiger partial charge in [0.25, 0.3) is 5.91 Å². The summed E-state index contributed by atoms with van der Waals surface area (Å²) in [5.41, 5.74) is -0.815. The Labute approximate surface area is 118 Å². The number of rotatable bonds is 3. The molecule has 0 unspecified atom stereocenters. The van der Waals surface area contributed by atoms with Crippen LogP contribution in [0.3, 0.4) is 0 Å². The SMILES string of the molecule is CCC1CCC(C#N)(NC(=O)c2cc[nH]c(=O)c2)CC1. The zero-order valence-corrected chi connectivity index (χ0v) is 11.6. The smallest absolute Gasteiger partial charge is 0.252 e. The highest BCUT2D eigenvalue weighted by Gasteiger charge is 2.36. The molecule has 0 radical (unpaired) electrons. The van der Waals surface area contributed by atoms with Crippen molar-refractivity contribution in [3.63, 3.8) is 0 Å². The molecule has 1 aliphatic rings. The third-order valence-corrected chi connectivity index (χ3v) is 4.14. The van der Waals surface area contributed by atoms with Gasteiger partial charge in [0.2, 0.25) is 5.56 Å². The van der Waals surface area contributed by atoms with Crippen LogP contribution in [0.1, 0.15) is 49.4 Å². The normalized spacial score (nSPS) is 25.7. The lowest BCUT2D eigenvalue weighted by atomic mass is 9.76. The van der Waals surface area contributed by atoms with Crippen molar-refractivity contribution in [1.29, 1.82) is 5.26 Å². The number of aromatic amines is 1. The second-order valence-corrected chi connectivity index (χ2v) is 5.44. The van der Waals surface area contributed by atoms with E-state index in [9.17, 15) is 14.9 Å². The monoisotopic (exact) mass is 273 g/mol. The number of nitriles is 1. The van der Waals surface area contributed by atoms with Gasteiger partial charge in [-0.05, 0) is 37.7 Å². The van der Waals surface area contributed by atoms with Crippen molar-refractivity contribution in [2.75, 3.05) is 0 Å². The van der Waals surface area contributed by atoms with Crippen molar-refractivity contribution in [2.45, 2.75) is 44.6 Å². The molecule has 1 aromatic rings. The Morgan fingerprint density at radius 3 is 2.80 bits per heavy atom.